The zero-order valence-corrected chi connectivity index (χ0v) is 15.1. The van der Waals surface area contributed by atoms with Crippen LogP contribution in [0.25, 0.3) is 0 Å². The van der Waals surface area contributed by atoms with E-state index in [9.17, 15) is 4.79 Å². The molecule has 0 aliphatic heterocycles. The molecule has 1 aliphatic rings. The van der Waals surface area contributed by atoms with E-state index in [0.29, 0.717) is 24.8 Å². The quantitative estimate of drug-likeness (QED) is 0.679. The van der Waals surface area contributed by atoms with Gasteiger partial charge in [0, 0.05) is 23.8 Å². The fraction of sp³-hybridized carbons (Fsp3) is 0.650. The first-order valence-electron chi connectivity index (χ1n) is 9.39. The lowest BCUT2D eigenvalue weighted by Crippen LogP contribution is -2.36. The number of benzene rings is 1. The van der Waals surface area contributed by atoms with E-state index >= 15 is 0 Å². The number of hydrogen-bond donors (Lipinski definition) is 1. The van der Waals surface area contributed by atoms with E-state index in [-0.39, 0.29) is 5.91 Å². The molecule has 0 spiro atoms. The smallest absolute Gasteiger partial charge is 0.251 e. The van der Waals surface area contributed by atoms with Crippen LogP contribution in [-0.2, 0) is 11.3 Å². The molecule has 0 radical (unpaired) electrons. The monoisotopic (exact) mass is 333 g/mol. The van der Waals surface area contributed by atoms with E-state index in [1.807, 2.05) is 25.1 Å². The van der Waals surface area contributed by atoms with Crippen LogP contribution < -0.4 is 10.1 Å². The predicted molar refractivity (Wildman–Crippen MR) is 96.5 cm³/mol. The molecule has 134 valence electrons. The van der Waals surface area contributed by atoms with Gasteiger partial charge in [0.25, 0.3) is 5.91 Å². The number of unbranched alkanes of at least 4 members (excludes halogenated alkanes) is 1. The van der Waals surface area contributed by atoms with Crippen molar-refractivity contribution >= 4 is 5.91 Å². The highest BCUT2D eigenvalue weighted by Crippen LogP contribution is 2.23. The van der Waals surface area contributed by atoms with Crippen molar-refractivity contribution in [1.82, 2.24) is 5.32 Å². The lowest BCUT2D eigenvalue weighted by Gasteiger charge is -2.23. The van der Waals surface area contributed by atoms with Gasteiger partial charge in [0.05, 0.1) is 13.2 Å². The summed E-state index contributed by atoms with van der Waals surface area (Å²) in [5, 5.41) is 3.17. The summed E-state index contributed by atoms with van der Waals surface area (Å²) in [7, 11) is 0. The molecule has 1 fully saturated rings. The fourth-order valence-corrected chi connectivity index (χ4v) is 3.07. The maximum atomic E-state index is 12.5. The Bertz CT molecular complexity index is 510. The van der Waals surface area contributed by atoms with Crippen LogP contribution in [0, 0.1) is 0 Å². The third-order valence-electron chi connectivity index (χ3n) is 4.46. The number of rotatable bonds is 9. The molecular formula is C20H31NO3. The zero-order chi connectivity index (χ0) is 17.2. The SMILES string of the molecule is CCCCOCc1cc(C(=O)NC2CCCCC2)ccc1OCC. The standard InChI is InChI=1S/C20H31NO3/c1-3-5-13-23-15-17-14-16(11-12-19(17)24-4-2)20(22)21-18-9-7-6-8-10-18/h11-12,14,18H,3-10,13,15H2,1-2H3,(H,21,22). The Morgan fingerprint density at radius 1 is 1.21 bits per heavy atom. The Labute approximate surface area is 145 Å². The summed E-state index contributed by atoms with van der Waals surface area (Å²) in [6.45, 7) is 5.94. The molecule has 2 rings (SSSR count). The summed E-state index contributed by atoms with van der Waals surface area (Å²) in [6.07, 6.45) is 8.06. The molecule has 0 heterocycles. The number of ether oxygens (including phenoxy) is 2. The number of nitrogens with one attached hydrogen (secondary N) is 1. The van der Waals surface area contributed by atoms with Gasteiger partial charge in [0.15, 0.2) is 0 Å². The van der Waals surface area contributed by atoms with Gasteiger partial charge in [-0.15, -0.1) is 0 Å². The van der Waals surface area contributed by atoms with Gasteiger partial charge in [-0.2, -0.15) is 0 Å². The van der Waals surface area contributed by atoms with Crippen molar-refractivity contribution < 1.29 is 14.3 Å². The molecule has 1 amide bonds. The van der Waals surface area contributed by atoms with Crippen LogP contribution in [0.1, 0.15) is 74.7 Å². The molecule has 0 atom stereocenters. The molecule has 24 heavy (non-hydrogen) atoms. The van der Waals surface area contributed by atoms with Gasteiger partial charge in [-0.05, 0) is 44.4 Å². The summed E-state index contributed by atoms with van der Waals surface area (Å²) >= 11 is 0. The Hall–Kier alpha value is -1.55. The number of hydrogen-bond acceptors (Lipinski definition) is 3. The summed E-state index contributed by atoms with van der Waals surface area (Å²) in [4.78, 5) is 12.5. The van der Waals surface area contributed by atoms with E-state index in [1.165, 1.54) is 19.3 Å². The summed E-state index contributed by atoms with van der Waals surface area (Å²) in [6, 6.07) is 5.97. The molecule has 1 aliphatic carbocycles. The molecule has 4 heteroatoms. The topological polar surface area (TPSA) is 47.6 Å². The van der Waals surface area contributed by atoms with Crippen LogP contribution in [-0.4, -0.2) is 25.2 Å². The summed E-state index contributed by atoms with van der Waals surface area (Å²) < 4.78 is 11.4. The van der Waals surface area contributed by atoms with Gasteiger partial charge in [-0.25, -0.2) is 0 Å². The third-order valence-corrected chi connectivity index (χ3v) is 4.46. The molecule has 1 aromatic rings. The van der Waals surface area contributed by atoms with E-state index in [4.69, 9.17) is 9.47 Å². The second-order valence-corrected chi connectivity index (χ2v) is 6.47. The highest BCUT2D eigenvalue weighted by Gasteiger charge is 2.17. The van der Waals surface area contributed by atoms with Gasteiger partial charge >= 0.3 is 0 Å². The van der Waals surface area contributed by atoms with E-state index in [0.717, 1.165) is 43.6 Å². The van der Waals surface area contributed by atoms with Gasteiger partial charge in [0.1, 0.15) is 5.75 Å². The molecule has 0 aromatic heterocycles. The molecule has 1 saturated carbocycles. The maximum Gasteiger partial charge on any atom is 0.251 e. The van der Waals surface area contributed by atoms with Crippen LogP contribution in [0.3, 0.4) is 0 Å². The average molecular weight is 333 g/mol. The van der Waals surface area contributed by atoms with Gasteiger partial charge in [-0.1, -0.05) is 32.6 Å². The minimum Gasteiger partial charge on any atom is -0.494 e. The Morgan fingerprint density at radius 2 is 2.00 bits per heavy atom. The third kappa shape index (κ3) is 5.82. The summed E-state index contributed by atoms with van der Waals surface area (Å²) in [5.41, 5.74) is 1.64. The van der Waals surface area contributed by atoms with Crippen LogP contribution in [0.4, 0.5) is 0 Å². The van der Waals surface area contributed by atoms with Crippen molar-refractivity contribution in [3.05, 3.63) is 29.3 Å². The molecule has 0 saturated heterocycles. The first kappa shape index (κ1) is 18.8. The lowest BCUT2D eigenvalue weighted by atomic mass is 9.95. The maximum absolute atomic E-state index is 12.5. The van der Waals surface area contributed by atoms with E-state index in [1.54, 1.807) is 0 Å². The molecule has 0 bridgehead atoms. The lowest BCUT2D eigenvalue weighted by molar-refractivity contribution is 0.0926. The number of carbonyl (C=O) groups excluding carboxylic acids is 1. The zero-order valence-electron chi connectivity index (χ0n) is 15.1. The molecular weight excluding hydrogens is 302 g/mol. The Morgan fingerprint density at radius 3 is 2.71 bits per heavy atom. The van der Waals surface area contributed by atoms with Crippen molar-refractivity contribution in [2.75, 3.05) is 13.2 Å². The predicted octanol–water partition coefficient (Wildman–Crippen LogP) is 4.46. The van der Waals surface area contributed by atoms with Crippen LogP contribution >= 0.6 is 0 Å². The second kappa shape index (κ2) is 10.3. The Balaban J connectivity index is 2.01. The largest absolute Gasteiger partial charge is 0.494 e. The van der Waals surface area contributed by atoms with Gasteiger partial charge < -0.3 is 14.8 Å². The first-order chi connectivity index (χ1) is 11.7. The van der Waals surface area contributed by atoms with Crippen molar-refractivity contribution in [3.63, 3.8) is 0 Å². The number of carbonyl (C=O) groups is 1. The van der Waals surface area contributed by atoms with E-state index in [2.05, 4.69) is 12.2 Å². The number of amides is 1. The average Bonchev–Trinajstić information content (AvgIpc) is 2.61. The van der Waals surface area contributed by atoms with Crippen molar-refractivity contribution in [2.45, 2.75) is 71.4 Å². The highest BCUT2D eigenvalue weighted by molar-refractivity contribution is 5.94. The molecule has 0 unspecified atom stereocenters. The highest BCUT2D eigenvalue weighted by atomic mass is 16.5. The van der Waals surface area contributed by atoms with Crippen molar-refractivity contribution in [3.8, 4) is 5.75 Å². The van der Waals surface area contributed by atoms with Gasteiger partial charge in [0.2, 0.25) is 0 Å². The molecule has 1 N–H and O–H groups in total. The minimum absolute atomic E-state index is 0.0137. The normalized spacial score (nSPS) is 15.2. The van der Waals surface area contributed by atoms with Crippen LogP contribution in [0.5, 0.6) is 5.75 Å². The fourth-order valence-electron chi connectivity index (χ4n) is 3.07. The molecule has 1 aromatic carbocycles. The van der Waals surface area contributed by atoms with Crippen LogP contribution in [0.2, 0.25) is 0 Å². The first-order valence-corrected chi connectivity index (χ1v) is 9.39. The minimum atomic E-state index is 0.0137. The van der Waals surface area contributed by atoms with Crippen molar-refractivity contribution in [2.24, 2.45) is 0 Å². The Kier molecular flexibility index (Phi) is 8.10. The molecule has 4 nitrogen and oxygen atoms in total. The van der Waals surface area contributed by atoms with Gasteiger partial charge in [-0.3, -0.25) is 4.79 Å². The van der Waals surface area contributed by atoms with Crippen LogP contribution in [0.15, 0.2) is 18.2 Å². The summed E-state index contributed by atoms with van der Waals surface area (Å²) in [5.74, 6) is 0.822. The van der Waals surface area contributed by atoms with Crippen molar-refractivity contribution in [1.29, 1.82) is 0 Å². The second-order valence-electron chi connectivity index (χ2n) is 6.47. The van der Waals surface area contributed by atoms with E-state index < -0.39 is 0 Å².